The molecule has 1 aliphatic heterocycles. The molecule has 6 rings (SSSR count). The van der Waals surface area contributed by atoms with Crippen LogP contribution in [0, 0.1) is 0 Å². The summed E-state index contributed by atoms with van der Waals surface area (Å²) in [5.41, 5.74) is 4.00. The molecular weight excluding hydrogens is 544 g/mol. The molecule has 0 aliphatic carbocycles. The van der Waals surface area contributed by atoms with Crippen LogP contribution in [-0.4, -0.2) is 54.2 Å². The van der Waals surface area contributed by atoms with Crippen LogP contribution >= 0.6 is 0 Å². The fraction of sp³-hybridized carbons (Fsp3) is 0.250. The second kappa shape index (κ2) is 11.6. The molecule has 0 saturated carbocycles. The van der Waals surface area contributed by atoms with E-state index in [9.17, 15) is 9.90 Å². The molecule has 0 fully saturated rings. The SMILES string of the molecule is CCCN1C(=O)c2ccc(Nc3ncc(-c4nnc(-c5cccnc5)o4)c(N[C@H](CO)c4ccccc4)n3)cc2C1(C)C. The molecule has 3 N–H and O–H groups in total. The lowest BCUT2D eigenvalue weighted by Crippen LogP contribution is -2.39. The monoisotopic (exact) mass is 576 g/mol. The van der Waals surface area contributed by atoms with Crippen molar-refractivity contribution >= 4 is 23.4 Å². The Labute approximate surface area is 249 Å². The lowest BCUT2D eigenvalue weighted by atomic mass is 9.93. The Kier molecular flexibility index (Phi) is 7.56. The molecule has 11 heteroatoms. The predicted octanol–water partition coefficient (Wildman–Crippen LogP) is 5.58. The number of anilines is 3. The Bertz CT molecular complexity index is 1740. The number of aliphatic hydroxyl groups excluding tert-OH is 1. The molecule has 11 nitrogen and oxygen atoms in total. The fourth-order valence-corrected chi connectivity index (χ4v) is 5.32. The number of aliphatic hydroxyl groups is 1. The minimum absolute atomic E-state index is 0.0432. The van der Waals surface area contributed by atoms with E-state index in [2.05, 4.69) is 51.6 Å². The zero-order valence-electron chi connectivity index (χ0n) is 24.2. The molecule has 218 valence electrons. The maximum absolute atomic E-state index is 13.1. The minimum atomic E-state index is -0.459. The van der Waals surface area contributed by atoms with Crippen LogP contribution in [0.4, 0.5) is 17.5 Å². The largest absolute Gasteiger partial charge is 0.416 e. The third-order valence-corrected chi connectivity index (χ3v) is 7.58. The van der Waals surface area contributed by atoms with Gasteiger partial charge in [0.05, 0.1) is 29.3 Å². The van der Waals surface area contributed by atoms with Crippen molar-refractivity contribution in [2.24, 2.45) is 0 Å². The van der Waals surface area contributed by atoms with Gasteiger partial charge < -0.3 is 25.1 Å². The molecule has 1 aliphatic rings. The molecule has 2 aromatic carbocycles. The second-order valence-electron chi connectivity index (χ2n) is 10.8. The minimum Gasteiger partial charge on any atom is -0.416 e. The van der Waals surface area contributed by atoms with Crippen molar-refractivity contribution in [3.05, 3.63) is 95.9 Å². The average Bonchev–Trinajstić information content (AvgIpc) is 3.59. The highest BCUT2D eigenvalue weighted by Crippen LogP contribution is 2.40. The average molecular weight is 577 g/mol. The number of nitrogens with one attached hydrogen (secondary N) is 2. The first-order valence-electron chi connectivity index (χ1n) is 14.2. The Morgan fingerprint density at radius 3 is 2.56 bits per heavy atom. The molecule has 1 atom stereocenters. The molecule has 0 spiro atoms. The number of amides is 1. The van der Waals surface area contributed by atoms with Crippen LogP contribution in [0.3, 0.4) is 0 Å². The van der Waals surface area contributed by atoms with E-state index < -0.39 is 11.6 Å². The van der Waals surface area contributed by atoms with E-state index in [1.807, 2.05) is 59.5 Å². The van der Waals surface area contributed by atoms with Crippen LogP contribution in [0.2, 0.25) is 0 Å². The highest BCUT2D eigenvalue weighted by Gasteiger charge is 2.42. The molecule has 0 unspecified atom stereocenters. The first kappa shape index (κ1) is 28.0. The number of benzene rings is 2. The summed E-state index contributed by atoms with van der Waals surface area (Å²) < 4.78 is 5.99. The van der Waals surface area contributed by atoms with Gasteiger partial charge in [0.25, 0.3) is 11.8 Å². The molecular formula is C32H32N8O3. The zero-order valence-corrected chi connectivity index (χ0v) is 24.2. The van der Waals surface area contributed by atoms with Gasteiger partial charge in [-0.05, 0) is 61.7 Å². The van der Waals surface area contributed by atoms with Gasteiger partial charge in [0.15, 0.2) is 0 Å². The van der Waals surface area contributed by atoms with Gasteiger partial charge in [-0.3, -0.25) is 9.78 Å². The van der Waals surface area contributed by atoms with Gasteiger partial charge >= 0.3 is 0 Å². The number of carbonyl (C=O) groups is 1. The quantitative estimate of drug-likeness (QED) is 0.193. The highest BCUT2D eigenvalue weighted by molar-refractivity contribution is 6.00. The fourth-order valence-electron chi connectivity index (χ4n) is 5.32. The summed E-state index contributed by atoms with van der Waals surface area (Å²) in [6.07, 6.45) is 5.79. The van der Waals surface area contributed by atoms with Crippen LogP contribution in [-0.2, 0) is 5.54 Å². The molecule has 0 saturated heterocycles. The normalized spacial score (nSPS) is 14.4. The Morgan fingerprint density at radius 2 is 1.81 bits per heavy atom. The summed E-state index contributed by atoms with van der Waals surface area (Å²) in [6, 6.07) is 18.4. The van der Waals surface area contributed by atoms with E-state index in [1.54, 1.807) is 24.7 Å². The lowest BCUT2D eigenvalue weighted by Gasteiger charge is -2.32. The summed E-state index contributed by atoms with van der Waals surface area (Å²) in [7, 11) is 0. The Balaban J connectivity index is 1.35. The van der Waals surface area contributed by atoms with Crippen molar-refractivity contribution in [1.29, 1.82) is 0 Å². The smallest absolute Gasteiger partial charge is 0.254 e. The summed E-state index contributed by atoms with van der Waals surface area (Å²) >= 11 is 0. The van der Waals surface area contributed by atoms with Gasteiger partial charge in [0, 0.05) is 36.4 Å². The van der Waals surface area contributed by atoms with Gasteiger partial charge in [0.2, 0.25) is 11.8 Å². The molecule has 4 heterocycles. The molecule has 0 bridgehead atoms. The first-order valence-corrected chi connectivity index (χ1v) is 14.2. The summed E-state index contributed by atoms with van der Waals surface area (Å²) in [4.78, 5) is 28.4. The van der Waals surface area contributed by atoms with Gasteiger partial charge in [-0.25, -0.2) is 4.98 Å². The number of rotatable bonds is 10. The number of hydrogen-bond acceptors (Lipinski definition) is 10. The number of carbonyl (C=O) groups excluding carboxylic acids is 1. The van der Waals surface area contributed by atoms with E-state index in [-0.39, 0.29) is 18.4 Å². The standard InChI is InChI=1S/C32H32N8O3/c1-4-15-40-30(42)23-13-12-22(16-25(23)32(40,2)3)35-31-34-18-24(29-39-38-28(43-29)21-11-8-14-33-17-21)27(37-31)36-26(19-41)20-9-6-5-7-10-20/h5-14,16-18,26,41H,4,15,19H2,1-3H3,(H2,34,35,36,37)/t26-/m1/s1. The van der Waals surface area contributed by atoms with Crippen molar-refractivity contribution in [2.45, 2.75) is 38.8 Å². The Hall–Kier alpha value is -5.16. The molecule has 0 radical (unpaired) electrons. The van der Waals surface area contributed by atoms with Gasteiger partial charge in [-0.15, -0.1) is 10.2 Å². The van der Waals surface area contributed by atoms with Crippen molar-refractivity contribution in [3.8, 4) is 22.9 Å². The number of aromatic nitrogens is 5. The van der Waals surface area contributed by atoms with E-state index in [4.69, 9.17) is 9.40 Å². The van der Waals surface area contributed by atoms with E-state index >= 15 is 0 Å². The van der Waals surface area contributed by atoms with Crippen LogP contribution < -0.4 is 10.6 Å². The number of pyridine rings is 1. The Morgan fingerprint density at radius 1 is 1.00 bits per heavy atom. The molecule has 3 aromatic heterocycles. The summed E-state index contributed by atoms with van der Waals surface area (Å²) in [5, 5.41) is 25.3. The predicted molar refractivity (Wildman–Crippen MR) is 163 cm³/mol. The number of fused-ring (bicyclic) bond motifs is 1. The van der Waals surface area contributed by atoms with Crippen molar-refractivity contribution in [2.75, 3.05) is 23.8 Å². The van der Waals surface area contributed by atoms with Crippen molar-refractivity contribution in [3.63, 3.8) is 0 Å². The molecule has 43 heavy (non-hydrogen) atoms. The number of hydrogen-bond donors (Lipinski definition) is 3. The molecule has 5 aromatic rings. The van der Waals surface area contributed by atoms with Gasteiger partial charge in [0.1, 0.15) is 5.82 Å². The van der Waals surface area contributed by atoms with Crippen molar-refractivity contribution < 1.29 is 14.3 Å². The van der Waals surface area contributed by atoms with Crippen LogP contribution in [0.15, 0.2) is 83.7 Å². The molecule has 1 amide bonds. The summed E-state index contributed by atoms with van der Waals surface area (Å²) in [6.45, 7) is 6.70. The van der Waals surface area contributed by atoms with E-state index in [0.29, 0.717) is 40.9 Å². The zero-order chi connectivity index (χ0) is 30.0. The number of nitrogens with zero attached hydrogens (tertiary/aromatic N) is 6. The third kappa shape index (κ3) is 5.42. The summed E-state index contributed by atoms with van der Waals surface area (Å²) in [5.74, 6) is 1.28. The van der Waals surface area contributed by atoms with Crippen LogP contribution in [0.25, 0.3) is 22.9 Å². The first-order chi connectivity index (χ1) is 20.9. The second-order valence-corrected chi connectivity index (χ2v) is 10.8. The van der Waals surface area contributed by atoms with Gasteiger partial charge in [-0.1, -0.05) is 37.3 Å². The third-order valence-electron chi connectivity index (χ3n) is 7.58. The van der Waals surface area contributed by atoms with Gasteiger partial charge in [-0.2, -0.15) is 4.98 Å². The maximum Gasteiger partial charge on any atom is 0.254 e. The van der Waals surface area contributed by atoms with E-state index in [1.165, 1.54) is 0 Å². The van der Waals surface area contributed by atoms with Crippen LogP contribution in [0.1, 0.15) is 54.7 Å². The maximum atomic E-state index is 13.1. The lowest BCUT2D eigenvalue weighted by molar-refractivity contribution is 0.0619. The van der Waals surface area contributed by atoms with Crippen molar-refractivity contribution in [1.82, 2.24) is 30.0 Å². The topological polar surface area (TPSA) is 142 Å². The van der Waals surface area contributed by atoms with Crippen LogP contribution in [0.5, 0.6) is 0 Å². The highest BCUT2D eigenvalue weighted by atomic mass is 16.4. The van der Waals surface area contributed by atoms with E-state index in [0.717, 1.165) is 23.2 Å².